The van der Waals surface area contributed by atoms with Crippen LogP contribution < -0.4 is 10.6 Å². The molecule has 2 N–H and O–H groups in total. The average molecular weight is 476 g/mol. The lowest BCUT2D eigenvalue weighted by Gasteiger charge is -2.26. The summed E-state index contributed by atoms with van der Waals surface area (Å²) in [5, 5.41) is 9.78. The van der Waals surface area contributed by atoms with Gasteiger partial charge >= 0.3 is 0 Å². The summed E-state index contributed by atoms with van der Waals surface area (Å²) in [5.41, 5.74) is 1.76. The van der Waals surface area contributed by atoms with Gasteiger partial charge in [0.05, 0.1) is 17.2 Å². The van der Waals surface area contributed by atoms with E-state index in [9.17, 15) is 4.39 Å². The second-order valence-electron chi connectivity index (χ2n) is 6.26. The van der Waals surface area contributed by atoms with E-state index in [0.717, 1.165) is 22.7 Å². The normalized spacial score (nSPS) is 11.8. The van der Waals surface area contributed by atoms with Crippen LogP contribution in [0, 0.1) is 5.82 Å². The number of aromatic nitrogens is 1. The van der Waals surface area contributed by atoms with Crippen molar-refractivity contribution in [1.82, 2.24) is 15.6 Å². The molecule has 138 valence electrons. The third-order valence-electron chi connectivity index (χ3n) is 3.87. The third-order valence-corrected chi connectivity index (χ3v) is 4.91. The minimum Gasteiger partial charge on any atom is -0.356 e. The summed E-state index contributed by atoms with van der Waals surface area (Å²) < 4.78 is 13.4. The fraction of sp³-hybridized carbons (Fsp3) is 0.444. The molecular formula is C18H26FIN4S. The summed E-state index contributed by atoms with van der Waals surface area (Å²) >= 11 is 1.68. The molecule has 0 saturated carbocycles. The second kappa shape index (κ2) is 10.1. The van der Waals surface area contributed by atoms with E-state index in [0.29, 0.717) is 19.0 Å². The summed E-state index contributed by atoms with van der Waals surface area (Å²) in [7, 11) is 1.74. The van der Waals surface area contributed by atoms with Crippen LogP contribution in [0.5, 0.6) is 0 Å². The minimum absolute atomic E-state index is 0. The van der Waals surface area contributed by atoms with Gasteiger partial charge in [0.15, 0.2) is 5.96 Å². The number of halogens is 2. The zero-order valence-electron chi connectivity index (χ0n) is 15.1. The van der Waals surface area contributed by atoms with Crippen molar-refractivity contribution in [1.29, 1.82) is 0 Å². The maximum absolute atomic E-state index is 13.4. The molecule has 0 aliphatic heterocycles. The van der Waals surface area contributed by atoms with Crippen molar-refractivity contribution in [2.75, 3.05) is 13.6 Å². The first kappa shape index (κ1) is 21.8. The highest BCUT2D eigenvalue weighted by molar-refractivity contribution is 14.0. The molecule has 4 nitrogen and oxygen atoms in total. The van der Waals surface area contributed by atoms with E-state index in [1.165, 1.54) is 6.07 Å². The van der Waals surface area contributed by atoms with E-state index in [1.54, 1.807) is 30.5 Å². The minimum atomic E-state index is -0.213. The van der Waals surface area contributed by atoms with Crippen molar-refractivity contribution in [2.24, 2.45) is 4.99 Å². The number of benzene rings is 1. The van der Waals surface area contributed by atoms with E-state index < -0.39 is 0 Å². The van der Waals surface area contributed by atoms with Crippen LogP contribution in [0.1, 0.15) is 37.0 Å². The lowest BCUT2D eigenvalue weighted by Crippen LogP contribution is -2.43. The van der Waals surface area contributed by atoms with Gasteiger partial charge in [-0.05, 0) is 24.1 Å². The van der Waals surface area contributed by atoms with Gasteiger partial charge in [-0.25, -0.2) is 9.37 Å². The summed E-state index contributed by atoms with van der Waals surface area (Å²) in [6.07, 6.45) is 0.958. The van der Waals surface area contributed by atoms with Gasteiger partial charge in [-0.3, -0.25) is 4.99 Å². The Labute approximate surface area is 170 Å². The molecule has 0 unspecified atom stereocenters. The number of nitrogens with one attached hydrogen (secondary N) is 2. The highest BCUT2D eigenvalue weighted by atomic mass is 127. The fourth-order valence-corrected chi connectivity index (χ4v) is 3.05. The van der Waals surface area contributed by atoms with Crippen molar-refractivity contribution in [2.45, 2.75) is 39.2 Å². The molecule has 0 bridgehead atoms. The topological polar surface area (TPSA) is 49.3 Å². The molecule has 0 aliphatic carbocycles. The number of aryl methyl sites for hydroxylation is 1. The first-order valence-electron chi connectivity index (χ1n) is 8.08. The molecular weight excluding hydrogens is 450 g/mol. The molecule has 2 rings (SSSR count). The first-order chi connectivity index (χ1) is 11.4. The Bertz CT molecular complexity index is 700. The van der Waals surface area contributed by atoms with Gasteiger partial charge in [0.25, 0.3) is 0 Å². The molecule has 0 aliphatic rings. The van der Waals surface area contributed by atoms with Gasteiger partial charge in [-0.15, -0.1) is 35.3 Å². The smallest absolute Gasteiger partial charge is 0.191 e. The molecule has 1 heterocycles. The van der Waals surface area contributed by atoms with Crippen LogP contribution in [-0.2, 0) is 18.4 Å². The van der Waals surface area contributed by atoms with E-state index >= 15 is 0 Å². The Morgan fingerprint density at radius 3 is 2.68 bits per heavy atom. The second-order valence-corrected chi connectivity index (χ2v) is 7.20. The summed E-state index contributed by atoms with van der Waals surface area (Å²) in [6, 6.07) is 6.74. The molecule has 0 atom stereocenters. The molecule has 0 radical (unpaired) electrons. The number of aliphatic imine (C=N–C) groups is 1. The van der Waals surface area contributed by atoms with Gasteiger partial charge in [0.2, 0.25) is 0 Å². The zero-order chi connectivity index (χ0) is 17.6. The van der Waals surface area contributed by atoms with Crippen molar-refractivity contribution < 1.29 is 4.39 Å². The van der Waals surface area contributed by atoms with Crippen LogP contribution in [0.2, 0.25) is 0 Å². The van der Waals surface area contributed by atoms with E-state index in [-0.39, 0.29) is 35.2 Å². The molecule has 7 heteroatoms. The number of hydrogen-bond acceptors (Lipinski definition) is 3. The van der Waals surface area contributed by atoms with Crippen molar-refractivity contribution >= 4 is 41.3 Å². The Balaban J connectivity index is 0.00000312. The Kier molecular flexibility index (Phi) is 8.78. The molecule has 1 aromatic heterocycles. The first-order valence-corrected chi connectivity index (χ1v) is 8.96. The standard InChI is InChI=1S/C18H25FN4S.HI/c1-5-16-23-15(11-24-16)10-21-17(20-4)22-12-18(2,3)13-7-6-8-14(19)9-13;/h6-9,11H,5,10,12H2,1-4H3,(H2,20,21,22);1H. The van der Waals surface area contributed by atoms with Crippen LogP contribution in [0.3, 0.4) is 0 Å². The van der Waals surface area contributed by atoms with Gasteiger partial charge < -0.3 is 10.6 Å². The Morgan fingerprint density at radius 1 is 1.32 bits per heavy atom. The molecule has 1 aromatic carbocycles. The van der Waals surface area contributed by atoms with Gasteiger partial charge in [0, 0.05) is 24.4 Å². The molecule has 0 fully saturated rings. The highest BCUT2D eigenvalue weighted by Gasteiger charge is 2.21. The highest BCUT2D eigenvalue weighted by Crippen LogP contribution is 2.22. The van der Waals surface area contributed by atoms with Crippen LogP contribution in [0.4, 0.5) is 4.39 Å². The molecule has 25 heavy (non-hydrogen) atoms. The maximum atomic E-state index is 13.4. The molecule has 0 saturated heterocycles. The van der Waals surface area contributed by atoms with Gasteiger partial charge in [0.1, 0.15) is 5.82 Å². The Hall–Kier alpha value is -1.22. The lowest BCUT2D eigenvalue weighted by molar-refractivity contribution is 0.503. The number of thiazole rings is 1. The molecule has 0 spiro atoms. The molecule has 2 aromatic rings. The number of nitrogens with zero attached hydrogens (tertiary/aromatic N) is 2. The van der Waals surface area contributed by atoms with Crippen LogP contribution >= 0.6 is 35.3 Å². The number of rotatable bonds is 6. The summed E-state index contributed by atoms with van der Waals surface area (Å²) in [6.45, 7) is 7.54. The fourth-order valence-electron chi connectivity index (χ4n) is 2.30. The summed E-state index contributed by atoms with van der Waals surface area (Å²) in [4.78, 5) is 8.77. The largest absolute Gasteiger partial charge is 0.356 e. The van der Waals surface area contributed by atoms with Crippen LogP contribution in [0.25, 0.3) is 0 Å². The van der Waals surface area contributed by atoms with Gasteiger partial charge in [-0.1, -0.05) is 32.9 Å². The zero-order valence-corrected chi connectivity index (χ0v) is 18.2. The van der Waals surface area contributed by atoms with Crippen LogP contribution in [0.15, 0.2) is 34.6 Å². The monoisotopic (exact) mass is 476 g/mol. The van der Waals surface area contributed by atoms with E-state index in [2.05, 4.69) is 46.8 Å². The van der Waals surface area contributed by atoms with Crippen LogP contribution in [-0.4, -0.2) is 24.5 Å². The predicted molar refractivity (Wildman–Crippen MR) is 115 cm³/mol. The predicted octanol–water partition coefficient (Wildman–Crippen LogP) is 4.11. The van der Waals surface area contributed by atoms with Crippen molar-refractivity contribution in [3.8, 4) is 0 Å². The molecule has 0 amide bonds. The Morgan fingerprint density at radius 2 is 2.08 bits per heavy atom. The number of hydrogen-bond donors (Lipinski definition) is 2. The maximum Gasteiger partial charge on any atom is 0.191 e. The number of guanidine groups is 1. The van der Waals surface area contributed by atoms with E-state index in [1.807, 2.05) is 6.07 Å². The third kappa shape index (κ3) is 6.54. The summed E-state index contributed by atoms with van der Waals surface area (Å²) in [5.74, 6) is 0.504. The SMILES string of the molecule is CCc1nc(CNC(=NC)NCC(C)(C)c2cccc(F)c2)cs1.I. The lowest BCUT2D eigenvalue weighted by atomic mass is 9.84. The van der Waals surface area contributed by atoms with Crippen molar-refractivity contribution in [3.05, 3.63) is 51.7 Å². The average Bonchev–Trinajstić information content (AvgIpc) is 3.03. The van der Waals surface area contributed by atoms with Crippen molar-refractivity contribution in [3.63, 3.8) is 0 Å². The van der Waals surface area contributed by atoms with Gasteiger partial charge in [-0.2, -0.15) is 0 Å². The quantitative estimate of drug-likeness (QED) is 0.375. The van der Waals surface area contributed by atoms with E-state index in [4.69, 9.17) is 0 Å².